The normalized spacial score (nSPS) is 13.8. The molecular formula is C13H18N2O3. The molecule has 5 nitrogen and oxygen atoms in total. The van der Waals surface area contributed by atoms with Crippen LogP contribution in [0.25, 0.3) is 0 Å². The molecule has 0 saturated heterocycles. The van der Waals surface area contributed by atoms with Gasteiger partial charge in [-0.1, -0.05) is 6.92 Å². The third-order valence-corrected chi connectivity index (χ3v) is 2.67. The number of fused-ring (bicyclic) bond motifs is 1. The van der Waals surface area contributed by atoms with Gasteiger partial charge in [0.15, 0.2) is 11.5 Å². The van der Waals surface area contributed by atoms with Crippen LogP contribution in [0, 0.1) is 0 Å². The highest BCUT2D eigenvalue weighted by atomic mass is 16.5. The summed E-state index contributed by atoms with van der Waals surface area (Å²) in [6.45, 7) is 3.18. The Hall–Kier alpha value is -1.91. The van der Waals surface area contributed by atoms with Gasteiger partial charge in [-0.15, -0.1) is 0 Å². The van der Waals surface area contributed by atoms with Gasteiger partial charge in [0.1, 0.15) is 0 Å². The van der Waals surface area contributed by atoms with Gasteiger partial charge in [-0.05, 0) is 6.42 Å². The number of hydrogen-bond donors (Lipinski definition) is 2. The Bertz CT molecular complexity index is 446. The number of hydrogen-bond acceptors (Lipinski definition) is 4. The van der Waals surface area contributed by atoms with Crippen LogP contribution in [-0.2, 0) is 4.79 Å². The summed E-state index contributed by atoms with van der Waals surface area (Å²) in [5, 5.41) is 2.78. The zero-order valence-corrected chi connectivity index (χ0v) is 10.5. The number of carbonyl (C=O) groups is 1. The van der Waals surface area contributed by atoms with E-state index in [-0.39, 0.29) is 5.91 Å². The van der Waals surface area contributed by atoms with E-state index in [1.807, 2.05) is 6.92 Å². The first-order valence-corrected chi connectivity index (χ1v) is 6.19. The molecule has 0 radical (unpaired) electrons. The molecule has 18 heavy (non-hydrogen) atoms. The van der Waals surface area contributed by atoms with Gasteiger partial charge in [0.05, 0.1) is 24.6 Å². The van der Waals surface area contributed by atoms with Crippen LogP contribution in [0.4, 0.5) is 11.4 Å². The molecule has 98 valence electrons. The lowest BCUT2D eigenvalue weighted by Crippen LogP contribution is -2.12. The maximum Gasteiger partial charge on any atom is 0.224 e. The van der Waals surface area contributed by atoms with Crippen molar-refractivity contribution in [3.05, 3.63) is 12.1 Å². The highest BCUT2D eigenvalue weighted by Crippen LogP contribution is 2.36. The average Bonchev–Trinajstić information content (AvgIpc) is 2.55. The van der Waals surface area contributed by atoms with Crippen LogP contribution in [-0.4, -0.2) is 19.1 Å². The fraction of sp³-hybridized carbons (Fsp3) is 0.462. The number of ether oxygens (including phenoxy) is 2. The van der Waals surface area contributed by atoms with Gasteiger partial charge in [0.25, 0.3) is 0 Å². The number of nitrogen functional groups attached to an aromatic ring is 1. The van der Waals surface area contributed by atoms with E-state index in [0.717, 1.165) is 12.8 Å². The Kier molecular flexibility index (Phi) is 3.92. The second-order valence-electron chi connectivity index (χ2n) is 4.23. The van der Waals surface area contributed by atoms with E-state index in [4.69, 9.17) is 15.2 Å². The van der Waals surface area contributed by atoms with Gasteiger partial charge in [-0.3, -0.25) is 4.79 Å². The first-order chi connectivity index (χ1) is 8.70. The van der Waals surface area contributed by atoms with E-state index in [1.54, 1.807) is 12.1 Å². The van der Waals surface area contributed by atoms with Crippen molar-refractivity contribution in [3.8, 4) is 11.5 Å². The molecule has 1 aromatic rings. The summed E-state index contributed by atoms with van der Waals surface area (Å²) in [6, 6.07) is 3.42. The van der Waals surface area contributed by atoms with E-state index < -0.39 is 0 Å². The van der Waals surface area contributed by atoms with Crippen LogP contribution in [0.2, 0.25) is 0 Å². The SMILES string of the molecule is CCCC(=O)Nc1cc2c(cc1N)OCCCO2. The van der Waals surface area contributed by atoms with E-state index >= 15 is 0 Å². The number of anilines is 2. The van der Waals surface area contributed by atoms with Crippen molar-refractivity contribution in [2.45, 2.75) is 26.2 Å². The van der Waals surface area contributed by atoms with Crippen LogP contribution in [0.3, 0.4) is 0 Å². The van der Waals surface area contributed by atoms with E-state index in [1.165, 1.54) is 0 Å². The minimum absolute atomic E-state index is 0.0429. The highest BCUT2D eigenvalue weighted by molar-refractivity contribution is 5.94. The Balaban J connectivity index is 2.21. The van der Waals surface area contributed by atoms with E-state index in [9.17, 15) is 4.79 Å². The van der Waals surface area contributed by atoms with Crippen molar-refractivity contribution in [1.29, 1.82) is 0 Å². The molecule has 0 fully saturated rings. The number of nitrogens with two attached hydrogens (primary N) is 1. The maximum atomic E-state index is 11.6. The van der Waals surface area contributed by atoms with Crippen molar-refractivity contribution in [3.63, 3.8) is 0 Å². The Morgan fingerprint density at radius 1 is 1.33 bits per heavy atom. The fourth-order valence-corrected chi connectivity index (χ4v) is 1.77. The number of amides is 1. The molecule has 1 heterocycles. The van der Waals surface area contributed by atoms with Crippen LogP contribution >= 0.6 is 0 Å². The Labute approximate surface area is 106 Å². The summed E-state index contributed by atoms with van der Waals surface area (Å²) >= 11 is 0. The Morgan fingerprint density at radius 3 is 2.67 bits per heavy atom. The quantitative estimate of drug-likeness (QED) is 0.806. The van der Waals surface area contributed by atoms with Gasteiger partial charge in [0, 0.05) is 25.0 Å². The molecule has 0 atom stereocenters. The Morgan fingerprint density at radius 2 is 2.00 bits per heavy atom. The van der Waals surface area contributed by atoms with Gasteiger partial charge >= 0.3 is 0 Å². The first-order valence-electron chi connectivity index (χ1n) is 6.19. The van der Waals surface area contributed by atoms with Crippen LogP contribution in [0.15, 0.2) is 12.1 Å². The molecule has 1 aliphatic heterocycles. The zero-order valence-electron chi connectivity index (χ0n) is 10.5. The molecule has 0 spiro atoms. The second kappa shape index (κ2) is 5.62. The van der Waals surface area contributed by atoms with Gasteiger partial charge in [-0.2, -0.15) is 0 Å². The highest BCUT2D eigenvalue weighted by Gasteiger charge is 2.14. The fourth-order valence-electron chi connectivity index (χ4n) is 1.77. The lowest BCUT2D eigenvalue weighted by molar-refractivity contribution is -0.116. The number of nitrogens with one attached hydrogen (secondary N) is 1. The molecule has 1 aliphatic rings. The maximum absolute atomic E-state index is 11.6. The van der Waals surface area contributed by atoms with Crippen LogP contribution in [0.1, 0.15) is 26.2 Å². The molecule has 0 aliphatic carbocycles. The minimum Gasteiger partial charge on any atom is -0.489 e. The summed E-state index contributed by atoms with van der Waals surface area (Å²) in [7, 11) is 0. The monoisotopic (exact) mass is 250 g/mol. The van der Waals surface area contributed by atoms with Crippen molar-refractivity contribution in [2.24, 2.45) is 0 Å². The lowest BCUT2D eigenvalue weighted by atomic mass is 10.2. The molecule has 0 unspecified atom stereocenters. The van der Waals surface area contributed by atoms with Crippen molar-refractivity contribution < 1.29 is 14.3 Å². The molecule has 1 aromatic carbocycles. The van der Waals surface area contributed by atoms with Crippen molar-refractivity contribution >= 4 is 17.3 Å². The number of benzene rings is 1. The van der Waals surface area contributed by atoms with Crippen molar-refractivity contribution in [1.82, 2.24) is 0 Å². The summed E-state index contributed by atoms with van der Waals surface area (Å²) in [6.07, 6.45) is 2.12. The summed E-state index contributed by atoms with van der Waals surface area (Å²) in [4.78, 5) is 11.6. The summed E-state index contributed by atoms with van der Waals surface area (Å²) in [5.74, 6) is 1.23. The predicted octanol–water partition coefficient (Wildman–Crippen LogP) is 2.17. The molecule has 1 amide bonds. The van der Waals surface area contributed by atoms with E-state index in [2.05, 4.69) is 5.32 Å². The van der Waals surface area contributed by atoms with Gasteiger partial charge in [0.2, 0.25) is 5.91 Å². The van der Waals surface area contributed by atoms with Crippen LogP contribution < -0.4 is 20.5 Å². The molecule has 0 bridgehead atoms. The average molecular weight is 250 g/mol. The smallest absolute Gasteiger partial charge is 0.224 e. The second-order valence-corrected chi connectivity index (χ2v) is 4.23. The molecule has 5 heteroatoms. The van der Waals surface area contributed by atoms with Gasteiger partial charge in [-0.25, -0.2) is 0 Å². The third-order valence-electron chi connectivity index (χ3n) is 2.67. The van der Waals surface area contributed by atoms with Gasteiger partial charge < -0.3 is 20.5 Å². The minimum atomic E-state index is -0.0429. The van der Waals surface area contributed by atoms with Crippen LogP contribution in [0.5, 0.6) is 11.5 Å². The summed E-state index contributed by atoms with van der Waals surface area (Å²) < 4.78 is 11.1. The van der Waals surface area contributed by atoms with Crippen molar-refractivity contribution in [2.75, 3.05) is 24.3 Å². The molecule has 0 aromatic heterocycles. The largest absolute Gasteiger partial charge is 0.489 e. The lowest BCUT2D eigenvalue weighted by Gasteiger charge is -2.13. The summed E-state index contributed by atoms with van der Waals surface area (Å²) in [5.41, 5.74) is 6.96. The van der Waals surface area contributed by atoms with E-state index in [0.29, 0.717) is 42.5 Å². The molecule has 0 saturated carbocycles. The number of rotatable bonds is 3. The topological polar surface area (TPSA) is 73.6 Å². The predicted molar refractivity (Wildman–Crippen MR) is 70.0 cm³/mol. The molecule has 2 rings (SSSR count). The molecular weight excluding hydrogens is 232 g/mol. The number of carbonyl (C=O) groups excluding carboxylic acids is 1. The third kappa shape index (κ3) is 2.85. The molecule has 3 N–H and O–H groups in total. The first kappa shape index (κ1) is 12.5. The standard InChI is InChI=1S/C13H18N2O3/c1-2-4-13(16)15-10-8-12-11(7-9(10)14)17-5-3-6-18-12/h7-8H,2-6,14H2,1H3,(H,15,16). The zero-order chi connectivity index (χ0) is 13.0.